The highest BCUT2D eigenvalue weighted by Crippen LogP contribution is 2.31. The Balaban J connectivity index is 1.22. The minimum absolute atomic E-state index is 0.172. The number of nitrogens with one attached hydrogen (secondary N) is 1. The fourth-order valence-electron chi connectivity index (χ4n) is 5.27. The zero-order chi connectivity index (χ0) is 20.3. The summed E-state index contributed by atoms with van der Waals surface area (Å²) < 4.78 is 5.46. The Morgan fingerprint density at radius 1 is 1.03 bits per heavy atom. The smallest absolute Gasteiger partial charge is 0.226 e. The van der Waals surface area contributed by atoms with Gasteiger partial charge in [0.1, 0.15) is 0 Å². The van der Waals surface area contributed by atoms with Crippen LogP contribution in [0.25, 0.3) is 11.1 Å². The van der Waals surface area contributed by atoms with Crippen molar-refractivity contribution < 1.29 is 9.53 Å². The summed E-state index contributed by atoms with van der Waals surface area (Å²) in [6.45, 7) is 3.30. The number of hydrogen-bond acceptors (Lipinski definition) is 4. The van der Waals surface area contributed by atoms with Crippen LogP contribution < -0.4 is 5.32 Å². The quantitative estimate of drug-likeness (QED) is 0.845. The number of benzene rings is 1. The molecule has 1 amide bonds. The Morgan fingerprint density at radius 3 is 2.77 bits per heavy atom. The molecule has 0 radical (unpaired) electrons. The number of aromatic nitrogens is 1. The van der Waals surface area contributed by atoms with E-state index in [1.807, 2.05) is 12.3 Å². The molecule has 3 aliphatic rings. The summed E-state index contributed by atoms with van der Waals surface area (Å²) in [5, 5.41) is 3.79. The molecule has 3 heterocycles. The number of ether oxygens (including phenoxy) is 1. The monoisotopic (exact) mass is 405 g/mol. The van der Waals surface area contributed by atoms with Crippen molar-refractivity contribution in [2.75, 3.05) is 19.8 Å². The first-order chi connectivity index (χ1) is 14.8. The van der Waals surface area contributed by atoms with Crippen LogP contribution in [-0.4, -0.2) is 47.6 Å². The normalized spacial score (nSPS) is 24.6. The number of fused-ring (bicyclic) bond motifs is 1. The van der Waals surface area contributed by atoms with E-state index in [2.05, 4.69) is 39.5 Å². The summed E-state index contributed by atoms with van der Waals surface area (Å²) in [4.78, 5) is 19.6. The molecule has 30 heavy (non-hydrogen) atoms. The van der Waals surface area contributed by atoms with Crippen LogP contribution in [0.15, 0.2) is 42.7 Å². The minimum Gasteiger partial charge on any atom is -0.381 e. The first-order valence-corrected chi connectivity index (χ1v) is 11.4. The highest BCUT2D eigenvalue weighted by Gasteiger charge is 2.34. The van der Waals surface area contributed by atoms with Crippen molar-refractivity contribution >= 4 is 5.91 Å². The molecule has 1 aliphatic carbocycles. The number of hydrogen-bond donors (Lipinski definition) is 1. The van der Waals surface area contributed by atoms with Crippen molar-refractivity contribution in [2.45, 2.75) is 57.2 Å². The molecule has 2 atom stereocenters. The zero-order valence-electron chi connectivity index (χ0n) is 17.6. The third-order valence-electron chi connectivity index (χ3n) is 7.00. The zero-order valence-corrected chi connectivity index (χ0v) is 17.6. The van der Waals surface area contributed by atoms with Crippen LogP contribution in [0, 0.1) is 5.92 Å². The molecule has 2 fully saturated rings. The standard InChI is InChI=1S/C25H31N3O2/c29-25(20-5-6-24(15-20)27-23-8-12-30-13-9-23)28-11-7-18-3-4-19(14-22(18)17-28)21-2-1-10-26-16-21/h1-4,10,14,16,20,23-24,27H,5-9,11-13,15,17H2/t20-,24+/m0/s1. The maximum absolute atomic E-state index is 13.3. The average molecular weight is 406 g/mol. The van der Waals surface area contributed by atoms with Crippen molar-refractivity contribution in [2.24, 2.45) is 5.92 Å². The Morgan fingerprint density at radius 2 is 1.93 bits per heavy atom. The van der Waals surface area contributed by atoms with Crippen molar-refractivity contribution in [1.82, 2.24) is 15.2 Å². The predicted molar refractivity (Wildman–Crippen MR) is 117 cm³/mol. The van der Waals surface area contributed by atoms with Crippen LogP contribution in [0.2, 0.25) is 0 Å². The fraction of sp³-hybridized carbons (Fsp3) is 0.520. The highest BCUT2D eigenvalue weighted by molar-refractivity contribution is 5.79. The van der Waals surface area contributed by atoms with E-state index in [9.17, 15) is 4.79 Å². The number of amides is 1. The van der Waals surface area contributed by atoms with Gasteiger partial charge in [0, 0.05) is 56.7 Å². The highest BCUT2D eigenvalue weighted by atomic mass is 16.5. The molecule has 1 N–H and O–H groups in total. The van der Waals surface area contributed by atoms with Crippen LogP contribution in [0.5, 0.6) is 0 Å². The lowest BCUT2D eigenvalue weighted by molar-refractivity contribution is -0.136. The average Bonchev–Trinajstić information content (AvgIpc) is 3.27. The second kappa shape index (κ2) is 8.86. The summed E-state index contributed by atoms with van der Waals surface area (Å²) in [6.07, 6.45) is 9.95. The second-order valence-corrected chi connectivity index (χ2v) is 9.00. The van der Waals surface area contributed by atoms with E-state index in [0.29, 0.717) is 18.0 Å². The van der Waals surface area contributed by atoms with Crippen molar-refractivity contribution in [3.05, 3.63) is 53.9 Å². The number of nitrogens with zero attached hydrogens (tertiary/aromatic N) is 2. The second-order valence-electron chi connectivity index (χ2n) is 9.00. The molecule has 1 saturated heterocycles. The third-order valence-corrected chi connectivity index (χ3v) is 7.00. The molecule has 1 saturated carbocycles. The number of carbonyl (C=O) groups excluding carboxylic acids is 1. The molecule has 0 bridgehead atoms. The Hall–Kier alpha value is -2.24. The van der Waals surface area contributed by atoms with E-state index >= 15 is 0 Å². The van der Waals surface area contributed by atoms with Gasteiger partial charge in [-0.05, 0) is 72.9 Å². The van der Waals surface area contributed by atoms with Crippen LogP contribution in [-0.2, 0) is 22.5 Å². The van der Waals surface area contributed by atoms with E-state index in [1.165, 1.54) is 16.7 Å². The predicted octanol–water partition coefficient (Wildman–Crippen LogP) is 3.57. The van der Waals surface area contributed by atoms with E-state index in [4.69, 9.17) is 4.74 Å². The van der Waals surface area contributed by atoms with E-state index in [1.54, 1.807) is 6.20 Å². The van der Waals surface area contributed by atoms with Gasteiger partial charge in [0.2, 0.25) is 5.91 Å². The molecular formula is C25H31N3O2. The first kappa shape index (κ1) is 19.7. The lowest BCUT2D eigenvalue weighted by Gasteiger charge is -2.31. The van der Waals surface area contributed by atoms with Gasteiger partial charge >= 0.3 is 0 Å². The van der Waals surface area contributed by atoms with Crippen LogP contribution in [0.4, 0.5) is 0 Å². The van der Waals surface area contributed by atoms with Gasteiger partial charge in [0.25, 0.3) is 0 Å². The Kier molecular flexibility index (Phi) is 5.82. The molecule has 158 valence electrons. The van der Waals surface area contributed by atoms with Gasteiger partial charge in [-0.15, -0.1) is 0 Å². The Bertz CT molecular complexity index is 879. The number of rotatable bonds is 4. The molecule has 5 rings (SSSR count). The van der Waals surface area contributed by atoms with Crippen LogP contribution in [0.3, 0.4) is 0 Å². The lowest BCUT2D eigenvalue weighted by Crippen LogP contribution is -2.42. The van der Waals surface area contributed by atoms with Crippen molar-refractivity contribution in [3.8, 4) is 11.1 Å². The summed E-state index contributed by atoms with van der Waals surface area (Å²) in [5.74, 6) is 0.522. The molecular weight excluding hydrogens is 374 g/mol. The topological polar surface area (TPSA) is 54.5 Å². The molecule has 2 aliphatic heterocycles. The van der Waals surface area contributed by atoms with Gasteiger partial charge in [0.15, 0.2) is 0 Å². The number of carbonyl (C=O) groups is 1. The summed E-state index contributed by atoms with van der Waals surface area (Å²) in [6, 6.07) is 11.7. The van der Waals surface area contributed by atoms with Gasteiger partial charge in [-0.3, -0.25) is 9.78 Å². The molecule has 5 heteroatoms. The summed E-state index contributed by atoms with van der Waals surface area (Å²) in [5.41, 5.74) is 4.96. The van der Waals surface area contributed by atoms with E-state index in [0.717, 1.165) is 70.4 Å². The minimum atomic E-state index is 0.172. The van der Waals surface area contributed by atoms with Gasteiger partial charge in [-0.1, -0.05) is 18.2 Å². The SMILES string of the molecule is O=C([C@H]1CC[C@@H](NC2CCOCC2)C1)N1CCc2ccc(-c3cccnc3)cc2C1. The fourth-order valence-corrected chi connectivity index (χ4v) is 5.27. The summed E-state index contributed by atoms with van der Waals surface area (Å²) in [7, 11) is 0. The van der Waals surface area contributed by atoms with Gasteiger partial charge in [-0.2, -0.15) is 0 Å². The largest absolute Gasteiger partial charge is 0.381 e. The first-order valence-electron chi connectivity index (χ1n) is 11.4. The van der Waals surface area contributed by atoms with E-state index in [-0.39, 0.29) is 5.92 Å². The van der Waals surface area contributed by atoms with Gasteiger partial charge in [0.05, 0.1) is 0 Å². The summed E-state index contributed by atoms with van der Waals surface area (Å²) >= 11 is 0. The van der Waals surface area contributed by atoms with Crippen LogP contribution >= 0.6 is 0 Å². The van der Waals surface area contributed by atoms with Gasteiger partial charge in [-0.25, -0.2) is 0 Å². The molecule has 2 aromatic rings. The third kappa shape index (κ3) is 4.28. The molecule has 0 unspecified atom stereocenters. The van der Waals surface area contributed by atoms with Gasteiger partial charge < -0.3 is 15.0 Å². The Labute approximate surface area is 178 Å². The van der Waals surface area contributed by atoms with Crippen molar-refractivity contribution in [3.63, 3.8) is 0 Å². The number of pyridine rings is 1. The molecule has 1 aromatic heterocycles. The lowest BCUT2D eigenvalue weighted by atomic mass is 9.94. The van der Waals surface area contributed by atoms with E-state index < -0.39 is 0 Å². The van der Waals surface area contributed by atoms with Crippen molar-refractivity contribution in [1.29, 1.82) is 0 Å². The maximum atomic E-state index is 13.3. The maximum Gasteiger partial charge on any atom is 0.226 e. The van der Waals surface area contributed by atoms with Crippen LogP contribution in [0.1, 0.15) is 43.2 Å². The molecule has 0 spiro atoms. The molecule has 1 aromatic carbocycles. The molecule has 5 nitrogen and oxygen atoms in total.